The molecule has 0 radical (unpaired) electrons. The molecule has 1 N–H and O–H groups in total. The van der Waals surface area contributed by atoms with Gasteiger partial charge in [0.05, 0.1) is 0 Å². The van der Waals surface area contributed by atoms with Crippen molar-refractivity contribution in [3.05, 3.63) is 0 Å². The molecule has 1 aliphatic rings. The summed E-state index contributed by atoms with van der Waals surface area (Å²) in [6, 6.07) is 0.718. The van der Waals surface area contributed by atoms with Crippen LogP contribution in [0, 0.1) is 16.7 Å². The summed E-state index contributed by atoms with van der Waals surface area (Å²) in [5.41, 5.74) is 0.970. The highest BCUT2D eigenvalue weighted by Crippen LogP contribution is 2.62. The standard InChI is InChI=1S/C13H27N/c1-7-10(8-2)9-14-11-12(3,4)13(11,5)6/h10-11,14H,7-9H2,1-6H3. The molecule has 0 aromatic heterocycles. The zero-order chi connectivity index (χ0) is 11.0. The average Bonchev–Trinajstić information content (AvgIpc) is 2.48. The van der Waals surface area contributed by atoms with Crippen molar-refractivity contribution in [1.29, 1.82) is 0 Å². The van der Waals surface area contributed by atoms with E-state index in [1.54, 1.807) is 0 Å². The number of hydrogen-bond acceptors (Lipinski definition) is 1. The Kier molecular flexibility index (Phi) is 3.30. The first-order chi connectivity index (χ1) is 6.37. The minimum absolute atomic E-state index is 0.485. The third kappa shape index (κ3) is 1.84. The summed E-state index contributed by atoms with van der Waals surface area (Å²) >= 11 is 0. The van der Waals surface area contributed by atoms with Crippen LogP contribution in [0.15, 0.2) is 0 Å². The van der Waals surface area contributed by atoms with Crippen molar-refractivity contribution < 1.29 is 0 Å². The largest absolute Gasteiger partial charge is 0.313 e. The lowest BCUT2D eigenvalue weighted by Gasteiger charge is -2.14. The Labute approximate surface area is 89.7 Å². The van der Waals surface area contributed by atoms with Gasteiger partial charge in [0.15, 0.2) is 0 Å². The average molecular weight is 197 g/mol. The van der Waals surface area contributed by atoms with Crippen LogP contribution in [0.1, 0.15) is 54.4 Å². The van der Waals surface area contributed by atoms with Crippen LogP contribution in [0.4, 0.5) is 0 Å². The first-order valence-corrected chi connectivity index (χ1v) is 6.11. The lowest BCUT2D eigenvalue weighted by Crippen LogP contribution is -2.28. The van der Waals surface area contributed by atoms with Crippen molar-refractivity contribution in [2.75, 3.05) is 6.54 Å². The monoisotopic (exact) mass is 197 g/mol. The van der Waals surface area contributed by atoms with Gasteiger partial charge >= 0.3 is 0 Å². The second-order valence-corrected chi connectivity index (χ2v) is 5.97. The maximum Gasteiger partial charge on any atom is 0.0181 e. The van der Waals surface area contributed by atoms with Crippen LogP contribution in [-0.4, -0.2) is 12.6 Å². The van der Waals surface area contributed by atoms with E-state index in [4.69, 9.17) is 0 Å². The molecule has 0 aliphatic heterocycles. The minimum atomic E-state index is 0.485. The molecule has 14 heavy (non-hydrogen) atoms. The van der Waals surface area contributed by atoms with Crippen LogP contribution in [0.5, 0.6) is 0 Å². The third-order valence-electron chi connectivity index (χ3n) is 4.79. The molecule has 1 nitrogen and oxygen atoms in total. The van der Waals surface area contributed by atoms with Crippen molar-refractivity contribution in [2.45, 2.75) is 60.4 Å². The van der Waals surface area contributed by atoms with Crippen LogP contribution in [0.3, 0.4) is 0 Å². The molecular formula is C13H27N. The molecular weight excluding hydrogens is 170 g/mol. The van der Waals surface area contributed by atoms with E-state index in [2.05, 4.69) is 46.9 Å². The summed E-state index contributed by atoms with van der Waals surface area (Å²) in [4.78, 5) is 0. The number of hydrogen-bond donors (Lipinski definition) is 1. The van der Waals surface area contributed by atoms with Crippen LogP contribution < -0.4 is 5.32 Å². The molecule has 0 unspecified atom stereocenters. The second kappa shape index (κ2) is 3.84. The summed E-state index contributed by atoms with van der Waals surface area (Å²) in [6.45, 7) is 15.3. The Morgan fingerprint density at radius 1 is 1.00 bits per heavy atom. The fourth-order valence-corrected chi connectivity index (χ4v) is 2.57. The molecule has 0 heterocycles. The maximum absolute atomic E-state index is 3.74. The first-order valence-electron chi connectivity index (χ1n) is 6.11. The molecule has 0 bridgehead atoms. The lowest BCUT2D eigenvalue weighted by molar-refractivity contribution is 0.426. The van der Waals surface area contributed by atoms with E-state index in [1.165, 1.54) is 19.4 Å². The SMILES string of the molecule is CCC(CC)CNC1C(C)(C)C1(C)C. The minimum Gasteiger partial charge on any atom is -0.313 e. The Hall–Kier alpha value is -0.0400. The van der Waals surface area contributed by atoms with E-state index >= 15 is 0 Å². The topological polar surface area (TPSA) is 12.0 Å². The molecule has 1 fully saturated rings. The normalized spacial score (nSPS) is 24.2. The highest BCUT2D eigenvalue weighted by molar-refractivity contribution is 5.17. The Morgan fingerprint density at radius 2 is 1.43 bits per heavy atom. The van der Waals surface area contributed by atoms with Crippen LogP contribution in [0.2, 0.25) is 0 Å². The van der Waals surface area contributed by atoms with E-state index in [1.807, 2.05) is 0 Å². The Bertz CT molecular complexity index is 175. The fourth-order valence-electron chi connectivity index (χ4n) is 2.57. The van der Waals surface area contributed by atoms with Gasteiger partial charge in [-0.15, -0.1) is 0 Å². The summed E-state index contributed by atoms with van der Waals surface area (Å²) in [7, 11) is 0. The highest BCUT2D eigenvalue weighted by Gasteiger charge is 2.64. The molecule has 1 heteroatoms. The quantitative estimate of drug-likeness (QED) is 0.712. The van der Waals surface area contributed by atoms with Crippen LogP contribution in [0.25, 0.3) is 0 Å². The molecule has 0 spiro atoms. The molecule has 0 aromatic carbocycles. The van der Waals surface area contributed by atoms with E-state index in [-0.39, 0.29) is 0 Å². The molecule has 1 rings (SSSR count). The van der Waals surface area contributed by atoms with Gasteiger partial charge in [-0.3, -0.25) is 0 Å². The van der Waals surface area contributed by atoms with Gasteiger partial charge in [0.25, 0.3) is 0 Å². The van der Waals surface area contributed by atoms with Gasteiger partial charge in [-0.1, -0.05) is 54.4 Å². The molecule has 0 saturated heterocycles. The third-order valence-corrected chi connectivity index (χ3v) is 4.79. The summed E-state index contributed by atoms with van der Waals surface area (Å²) in [5.74, 6) is 0.863. The Balaban J connectivity index is 2.35. The van der Waals surface area contributed by atoms with Gasteiger partial charge in [-0.05, 0) is 23.3 Å². The zero-order valence-electron chi connectivity index (χ0n) is 10.8. The van der Waals surface area contributed by atoms with E-state index in [0.717, 1.165) is 12.0 Å². The molecule has 1 aliphatic carbocycles. The van der Waals surface area contributed by atoms with Crippen molar-refractivity contribution >= 4 is 0 Å². The fraction of sp³-hybridized carbons (Fsp3) is 1.00. The predicted octanol–water partition coefficient (Wildman–Crippen LogP) is 3.45. The summed E-state index contributed by atoms with van der Waals surface area (Å²) in [6.07, 6.45) is 2.61. The summed E-state index contributed by atoms with van der Waals surface area (Å²) in [5, 5.41) is 3.74. The van der Waals surface area contributed by atoms with Gasteiger partial charge < -0.3 is 5.32 Å². The lowest BCUT2D eigenvalue weighted by atomic mass is 10.0. The van der Waals surface area contributed by atoms with Gasteiger partial charge in [0.1, 0.15) is 0 Å². The van der Waals surface area contributed by atoms with Gasteiger partial charge in [-0.25, -0.2) is 0 Å². The number of rotatable bonds is 5. The molecule has 1 saturated carbocycles. The van der Waals surface area contributed by atoms with Crippen LogP contribution in [-0.2, 0) is 0 Å². The van der Waals surface area contributed by atoms with Gasteiger partial charge in [0.2, 0.25) is 0 Å². The predicted molar refractivity (Wildman–Crippen MR) is 63.4 cm³/mol. The van der Waals surface area contributed by atoms with Crippen molar-refractivity contribution in [3.63, 3.8) is 0 Å². The van der Waals surface area contributed by atoms with E-state index in [0.29, 0.717) is 10.8 Å². The van der Waals surface area contributed by atoms with Crippen molar-refractivity contribution in [2.24, 2.45) is 16.7 Å². The smallest absolute Gasteiger partial charge is 0.0181 e. The van der Waals surface area contributed by atoms with Gasteiger partial charge in [0, 0.05) is 6.04 Å². The molecule has 84 valence electrons. The highest BCUT2D eigenvalue weighted by atomic mass is 15.0. The van der Waals surface area contributed by atoms with Crippen LogP contribution >= 0.6 is 0 Å². The number of nitrogens with one attached hydrogen (secondary N) is 1. The van der Waals surface area contributed by atoms with Crippen molar-refractivity contribution in [1.82, 2.24) is 5.32 Å². The first kappa shape index (κ1) is 12.0. The Morgan fingerprint density at radius 3 is 1.71 bits per heavy atom. The summed E-state index contributed by atoms with van der Waals surface area (Å²) < 4.78 is 0. The molecule has 0 amide bonds. The second-order valence-electron chi connectivity index (χ2n) is 5.97. The van der Waals surface area contributed by atoms with E-state index in [9.17, 15) is 0 Å². The molecule has 0 aromatic rings. The maximum atomic E-state index is 3.74. The van der Waals surface area contributed by atoms with E-state index < -0.39 is 0 Å². The zero-order valence-corrected chi connectivity index (χ0v) is 10.8. The van der Waals surface area contributed by atoms with Gasteiger partial charge in [-0.2, -0.15) is 0 Å². The molecule has 0 atom stereocenters. The van der Waals surface area contributed by atoms with Crippen molar-refractivity contribution in [3.8, 4) is 0 Å².